The number of aliphatic hydroxyl groups is 1. The van der Waals surface area contributed by atoms with E-state index >= 15 is 0 Å². The molecular weight excluding hydrogens is 374 g/mol. The predicted molar refractivity (Wildman–Crippen MR) is 116 cm³/mol. The Morgan fingerprint density at radius 1 is 1.00 bits per heavy atom. The van der Waals surface area contributed by atoms with E-state index < -0.39 is 5.60 Å². The molecule has 0 bridgehead atoms. The molecule has 1 spiro atoms. The van der Waals surface area contributed by atoms with Crippen LogP contribution in [0.2, 0.25) is 0 Å². The van der Waals surface area contributed by atoms with Gasteiger partial charge in [0.1, 0.15) is 5.60 Å². The van der Waals surface area contributed by atoms with E-state index in [0.717, 1.165) is 42.6 Å². The van der Waals surface area contributed by atoms with Crippen molar-refractivity contribution in [3.8, 4) is 11.1 Å². The predicted octanol–water partition coefficient (Wildman–Crippen LogP) is 4.49. The Hall–Kier alpha value is -2.46. The van der Waals surface area contributed by atoms with Gasteiger partial charge < -0.3 is 10.0 Å². The van der Waals surface area contributed by atoms with Gasteiger partial charge in [-0.3, -0.25) is 9.59 Å². The van der Waals surface area contributed by atoms with Crippen molar-refractivity contribution < 1.29 is 14.7 Å². The Balaban J connectivity index is 1.27. The van der Waals surface area contributed by atoms with Gasteiger partial charge in [0.15, 0.2) is 5.78 Å². The Labute approximate surface area is 177 Å². The molecule has 1 atom stereocenters. The lowest BCUT2D eigenvalue weighted by Crippen LogP contribution is -2.45. The first-order valence-electron chi connectivity index (χ1n) is 11.1. The van der Waals surface area contributed by atoms with Gasteiger partial charge in [0, 0.05) is 18.7 Å². The Kier molecular flexibility index (Phi) is 4.41. The molecule has 1 N–H and O–H groups in total. The second-order valence-corrected chi connectivity index (χ2v) is 9.65. The number of aryl methyl sites for hydroxylation is 1. The second kappa shape index (κ2) is 6.78. The number of likely N-dealkylation sites (tertiary alicyclic amines) is 1. The fourth-order valence-electron chi connectivity index (χ4n) is 5.20. The van der Waals surface area contributed by atoms with Crippen LogP contribution in [0.4, 0.5) is 0 Å². The third kappa shape index (κ3) is 3.27. The molecule has 1 saturated heterocycles. The quantitative estimate of drug-likeness (QED) is 0.766. The fraction of sp³-hybridized carbons (Fsp3) is 0.462. The maximum atomic E-state index is 12.4. The van der Waals surface area contributed by atoms with Gasteiger partial charge in [-0.2, -0.15) is 0 Å². The van der Waals surface area contributed by atoms with Crippen LogP contribution in [-0.2, 0) is 4.79 Å². The second-order valence-electron chi connectivity index (χ2n) is 9.65. The van der Waals surface area contributed by atoms with Gasteiger partial charge in [0.2, 0.25) is 0 Å². The maximum Gasteiger partial charge on any atom is 0.254 e. The molecule has 5 rings (SSSR count). The van der Waals surface area contributed by atoms with Gasteiger partial charge in [0.05, 0.1) is 0 Å². The summed E-state index contributed by atoms with van der Waals surface area (Å²) in [5, 5.41) is 10.1. The number of rotatable bonds is 4. The summed E-state index contributed by atoms with van der Waals surface area (Å²) in [5.74, 6) is 0.603. The highest BCUT2D eigenvalue weighted by Crippen LogP contribution is 2.65. The molecule has 4 nitrogen and oxygen atoms in total. The molecule has 1 aliphatic heterocycles. The number of piperidine rings is 1. The van der Waals surface area contributed by atoms with E-state index in [9.17, 15) is 14.7 Å². The standard InChI is InChI=1S/C26H29NO3/c1-17-3-4-21(18(2)28)15-22(17)19-5-7-20(8-6-19)23-16-25(23)11-13-27(14-12-25)24(29)26(30)9-10-26/h3-8,15,23,30H,9-14,16H2,1-2H3/t23-/m0/s1. The first kappa shape index (κ1) is 19.5. The van der Waals surface area contributed by atoms with Crippen LogP contribution in [0.3, 0.4) is 0 Å². The SMILES string of the molecule is CC(=O)c1ccc(C)c(-c2ccc([C@@H]3CC34CCN(C(=O)C3(O)CC3)CC4)cc2)c1. The zero-order valence-electron chi connectivity index (χ0n) is 17.8. The highest BCUT2D eigenvalue weighted by Gasteiger charge is 2.57. The number of carbonyl (C=O) groups excluding carboxylic acids is 2. The number of carbonyl (C=O) groups is 2. The van der Waals surface area contributed by atoms with Gasteiger partial charge >= 0.3 is 0 Å². The van der Waals surface area contributed by atoms with Crippen LogP contribution in [-0.4, -0.2) is 40.4 Å². The average Bonchev–Trinajstić information content (AvgIpc) is 3.66. The molecule has 2 saturated carbocycles. The van der Waals surface area contributed by atoms with Crippen molar-refractivity contribution in [2.75, 3.05) is 13.1 Å². The lowest BCUT2D eigenvalue weighted by Gasteiger charge is -2.34. The van der Waals surface area contributed by atoms with Crippen LogP contribution >= 0.6 is 0 Å². The van der Waals surface area contributed by atoms with Gasteiger partial charge in [0.25, 0.3) is 5.91 Å². The van der Waals surface area contributed by atoms with E-state index in [4.69, 9.17) is 0 Å². The molecule has 0 radical (unpaired) electrons. The first-order valence-corrected chi connectivity index (χ1v) is 11.1. The van der Waals surface area contributed by atoms with E-state index in [2.05, 4.69) is 31.2 Å². The van der Waals surface area contributed by atoms with Crippen molar-refractivity contribution in [3.63, 3.8) is 0 Å². The summed E-state index contributed by atoms with van der Waals surface area (Å²) in [4.78, 5) is 26.0. The number of ketones is 1. The van der Waals surface area contributed by atoms with Gasteiger partial charge in [-0.15, -0.1) is 0 Å². The third-order valence-electron chi connectivity index (χ3n) is 7.63. The monoisotopic (exact) mass is 403 g/mol. The number of benzene rings is 2. The maximum absolute atomic E-state index is 12.4. The van der Waals surface area contributed by atoms with Crippen LogP contribution in [0.1, 0.15) is 66.4 Å². The molecule has 3 fully saturated rings. The lowest BCUT2D eigenvalue weighted by atomic mass is 9.88. The van der Waals surface area contributed by atoms with E-state index in [0.29, 0.717) is 24.2 Å². The zero-order chi connectivity index (χ0) is 21.1. The summed E-state index contributed by atoms with van der Waals surface area (Å²) in [6.07, 6.45) is 4.49. The van der Waals surface area contributed by atoms with E-state index in [1.807, 2.05) is 23.1 Å². The fourth-order valence-corrected chi connectivity index (χ4v) is 5.20. The lowest BCUT2D eigenvalue weighted by molar-refractivity contribution is -0.144. The Morgan fingerprint density at radius 3 is 2.27 bits per heavy atom. The smallest absolute Gasteiger partial charge is 0.254 e. The van der Waals surface area contributed by atoms with E-state index in [-0.39, 0.29) is 11.7 Å². The summed E-state index contributed by atoms with van der Waals surface area (Å²) in [5.41, 5.74) is 4.84. The minimum Gasteiger partial charge on any atom is -0.380 e. The Bertz CT molecular complexity index is 1010. The minimum atomic E-state index is -1.04. The first-order chi connectivity index (χ1) is 14.3. The third-order valence-corrected chi connectivity index (χ3v) is 7.63. The number of Topliss-reactive ketones (excluding diaryl/α,β-unsaturated/α-hetero) is 1. The van der Waals surface area contributed by atoms with Crippen molar-refractivity contribution in [1.82, 2.24) is 4.90 Å². The molecular formula is C26H29NO3. The van der Waals surface area contributed by atoms with E-state index in [1.165, 1.54) is 17.5 Å². The Morgan fingerprint density at radius 2 is 1.67 bits per heavy atom. The van der Waals surface area contributed by atoms with Gasteiger partial charge in [-0.05, 0) is 85.6 Å². The largest absolute Gasteiger partial charge is 0.380 e. The van der Waals surface area contributed by atoms with Crippen LogP contribution in [0.25, 0.3) is 11.1 Å². The minimum absolute atomic E-state index is 0.0536. The van der Waals surface area contributed by atoms with Crippen molar-refractivity contribution in [2.45, 2.75) is 57.5 Å². The highest BCUT2D eigenvalue weighted by atomic mass is 16.3. The van der Waals surface area contributed by atoms with Crippen LogP contribution in [0.5, 0.6) is 0 Å². The average molecular weight is 404 g/mol. The topological polar surface area (TPSA) is 57.6 Å². The molecule has 3 aliphatic rings. The summed E-state index contributed by atoms with van der Waals surface area (Å²) >= 11 is 0. The molecule has 2 aromatic rings. The molecule has 2 aromatic carbocycles. The van der Waals surface area contributed by atoms with Gasteiger partial charge in [-0.1, -0.05) is 36.4 Å². The van der Waals surface area contributed by atoms with Crippen LogP contribution in [0.15, 0.2) is 42.5 Å². The number of nitrogens with zero attached hydrogens (tertiary/aromatic N) is 1. The summed E-state index contributed by atoms with van der Waals surface area (Å²) in [7, 11) is 0. The van der Waals surface area contributed by atoms with Crippen molar-refractivity contribution in [3.05, 3.63) is 59.2 Å². The molecule has 2 aliphatic carbocycles. The molecule has 0 aromatic heterocycles. The number of amides is 1. The highest BCUT2D eigenvalue weighted by molar-refractivity contribution is 5.95. The van der Waals surface area contributed by atoms with Gasteiger partial charge in [-0.25, -0.2) is 0 Å². The molecule has 0 unspecified atom stereocenters. The number of hydrogen-bond donors (Lipinski definition) is 1. The van der Waals surface area contributed by atoms with Crippen LogP contribution in [0, 0.1) is 12.3 Å². The zero-order valence-corrected chi connectivity index (χ0v) is 17.8. The van der Waals surface area contributed by atoms with Crippen LogP contribution < -0.4 is 0 Å². The molecule has 1 amide bonds. The number of hydrogen-bond acceptors (Lipinski definition) is 3. The molecule has 30 heavy (non-hydrogen) atoms. The molecule has 156 valence electrons. The summed E-state index contributed by atoms with van der Waals surface area (Å²) < 4.78 is 0. The van der Waals surface area contributed by atoms with Crippen molar-refractivity contribution >= 4 is 11.7 Å². The summed E-state index contributed by atoms with van der Waals surface area (Å²) in [6.45, 7) is 5.23. The van der Waals surface area contributed by atoms with Crippen molar-refractivity contribution in [1.29, 1.82) is 0 Å². The normalized spacial score (nSPS) is 23.3. The summed E-state index contributed by atoms with van der Waals surface area (Å²) in [6, 6.07) is 14.7. The van der Waals surface area contributed by atoms with E-state index in [1.54, 1.807) is 6.92 Å². The molecule has 4 heteroatoms. The molecule has 1 heterocycles. The van der Waals surface area contributed by atoms with Crippen molar-refractivity contribution in [2.24, 2.45) is 5.41 Å².